The molecule has 0 atom stereocenters. The van der Waals surface area contributed by atoms with E-state index in [2.05, 4.69) is 14.7 Å². The lowest BCUT2D eigenvalue weighted by Crippen LogP contribution is -2.46. The molecule has 1 rings (SSSR count). The van der Waals surface area contributed by atoms with Gasteiger partial charge in [-0.3, -0.25) is 0 Å². The molecule has 0 unspecified atom stereocenters. The molecule has 0 amide bonds. The second kappa shape index (κ2) is 4.50. The number of nitrogens with zero attached hydrogens (tertiary/aromatic N) is 2. The highest BCUT2D eigenvalue weighted by Gasteiger charge is 2.59. The van der Waals surface area contributed by atoms with Gasteiger partial charge in [-0.25, -0.2) is 4.98 Å². The molecule has 0 aliphatic carbocycles. The number of nitrogen functional groups attached to an aromatic ring is 1. The van der Waals surface area contributed by atoms with Gasteiger partial charge in [0.1, 0.15) is 0 Å². The third-order valence-electron chi connectivity index (χ3n) is 1.77. The van der Waals surface area contributed by atoms with E-state index in [4.69, 9.17) is 5.73 Å². The Kier molecular flexibility index (Phi) is 3.58. The summed E-state index contributed by atoms with van der Waals surface area (Å²) in [5.74, 6) is -1.35. The summed E-state index contributed by atoms with van der Waals surface area (Å²) in [4.78, 5) is 6.58. The first-order valence-corrected chi connectivity index (χ1v) is 4.41. The number of hydrogen-bond acceptors (Lipinski definition) is 4. The van der Waals surface area contributed by atoms with Gasteiger partial charge in [0.05, 0.1) is 0 Å². The summed E-state index contributed by atoms with van der Waals surface area (Å²) in [5, 5.41) is 0. The van der Waals surface area contributed by atoms with Gasteiger partial charge in [-0.2, -0.15) is 31.3 Å². The zero-order chi connectivity index (χ0) is 14.1. The average molecular weight is 275 g/mol. The molecule has 18 heavy (non-hydrogen) atoms. The molecule has 1 heterocycles. The average Bonchev–Trinajstić information content (AvgIpc) is 2.15. The van der Waals surface area contributed by atoms with E-state index in [1.165, 1.54) is 6.92 Å². The summed E-state index contributed by atoms with van der Waals surface area (Å²) >= 11 is 0. The van der Waals surface area contributed by atoms with Crippen molar-refractivity contribution in [2.24, 2.45) is 0 Å². The summed E-state index contributed by atoms with van der Waals surface area (Å²) in [6.45, 7) is 1.19. The molecule has 0 spiro atoms. The number of hydrogen-bond donors (Lipinski definition) is 1. The third kappa shape index (κ3) is 3.37. The highest BCUT2D eigenvalue weighted by Crippen LogP contribution is 2.36. The molecule has 1 aromatic rings. The van der Waals surface area contributed by atoms with E-state index >= 15 is 0 Å². The van der Waals surface area contributed by atoms with E-state index in [9.17, 15) is 26.3 Å². The quantitative estimate of drug-likeness (QED) is 0.841. The highest BCUT2D eigenvalue weighted by molar-refractivity contribution is 5.29. The predicted octanol–water partition coefficient (Wildman–Crippen LogP) is 2.24. The van der Waals surface area contributed by atoms with Crippen LogP contribution >= 0.6 is 0 Å². The van der Waals surface area contributed by atoms with E-state index < -0.39 is 30.3 Å². The largest absolute Gasteiger partial charge is 0.454 e. The molecule has 0 saturated carbocycles. The van der Waals surface area contributed by atoms with E-state index in [0.717, 1.165) is 6.20 Å². The summed E-state index contributed by atoms with van der Waals surface area (Å²) in [7, 11) is 0. The molecule has 1 aromatic heterocycles. The van der Waals surface area contributed by atoms with Gasteiger partial charge in [0.25, 0.3) is 6.10 Å². The fourth-order valence-corrected chi connectivity index (χ4v) is 0.989. The zero-order valence-electron chi connectivity index (χ0n) is 8.80. The standard InChI is InChI=1S/C8H7F6N3O/c1-3-2-16-6(15)17-4(3)18-5(7(9,10)11)8(12,13)14/h2,5H,1H3,(H2,15,16,17). The lowest BCUT2D eigenvalue weighted by molar-refractivity contribution is -0.300. The Morgan fingerprint density at radius 3 is 2.11 bits per heavy atom. The first kappa shape index (κ1) is 14.3. The molecule has 0 bridgehead atoms. The number of aryl methyl sites for hydroxylation is 1. The van der Waals surface area contributed by atoms with Gasteiger partial charge in [-0.1, -0.05) is 0 Å². The number of rotatable bonds is 2. The van der Waals surface area contributed by atoms with Crippen LogP contribution in [0.5, 0.6) is 5.88 Å². The smallest absolute Gasteiger partial charge is 0.434 e. The zero-order valence-corrected chi connectivity index (χ0v) is 8.80. The van der Waals surface area contributed by atoms with Gasteiger partial charge in [-0.05, 0) is 6.92 Å². The Hall–Kier alpha value is -1.74. The van der Waals surface area contributed by atoms with E-state index in [0.29, 0.717) is 0 Å². The van der Waals surface area contributed by atoms with Gasteiger partial charge < -0.3 is 10.5 Å². The number of aromatic nitrogens is 2. The fourth-order valence-electron chi connectivity index (χ4n) is 0.989. The third-order valence-corrected chi connectivity index (χ3v) is 1.77. The van der Waals surface area contributed by atoms with Crippen LogP contribution in [0.1, 0.15) is 5.56 Å². The topological polar surface area (TPSA) is 61.0 Å². The van der Waals surface area contributed by atoms with Gasteiger partial charge in [0.2, 0.25) is 11.8 Å². The first-order valence-electron chi connectivity index (χ1n) is 4.41. The maximum atomic E-state index is 12.2. The summed E-state index contributed by atoms with van der Waals surface area (Å²) < 4.78 is 77.2. The second-order valence-corrected chi connectivity index (χ2v) is 3.30. The molecule has 0 radical (unpaired) electrons. The van der Waals surface area contributed by atoms with E-state index in [-0.39, 0.29) is 5.56 Å². The number of alkyl halides is 6. The van der Waals surface area contributed by atoms with Crippen molar-refractivity contribution in [3.63, 3.8) is 0 Å². The molecule has 2 N–H and O–H groups in total. The summed E-state index contributed by atoms with van der Waals surface area (Å²) in [5.41, 5.74) is 4.96. The van der Waals surface area contributed by atoms with Crippen LogP contribution in [-0.4, -0.2) is 28.4 Å². The molecule has 4 nitrogen and oxygen atoms in total. The Bertz CT molecular complexity index is 416. The van der Waals surface area contributed by atoms with Crippen LogP contribution in [0.2, 0.25) is 0 Å². The Labute approximate surface area is 96.8 Å². The second-order valence-electron chi connectivity index (χ2n) is 3.30. The Morgan fingerprint density at radius 1 is 1.17 bits per heavy atom. The number of halogens is 6. The minimum absolute atomic E-state index is 0.0947. The van der Waals surface area contributed by atoms with Crippen LogP contribution in [0.15, 0.2) is 6.20 Å². The van der Waals surface area contributed by atoms with Crippen molar-refractivity contribution in [2.75, 3.05) is 5.73 Å². The number of ether oxygens (including phenoxy) is 1. The number of nitrogens with two attached hydrogens (primary N) is 1. The van der Waals surface area contributed by atoms with Crippen LogP contribution in [0.4, 0.5) is 32.3 Å². The van der Waals surface area contributed by atoms with Crippen molar-refractivity contribution in [1.82, 2.24) is 9.97 Å². The molecule has 0 saturated heterocycles. The van der Waals surface area contributed by atoms with Crippen LogP contribution in [-0.2, 0) is 0 Å². The van der Waals surface area contributed by atoms with Crippen LogP contribution in [0.3, 0.4) is 0 Å². The molecule has 0 aliphatic heterocycles. The van der Waals surface area contributed by atoms with E-state index in [1.54, 1.807) is 0 Å². The Morgan fingerprint density at radius 2 is 1.67 bits per heavy atom. The van der Waals surface area contributed by atoms with Crippen molar-refractivity contribution in [3.8, 4) is 5.88 Å². The molecule has 10 heteroatoms. The van der Waals surface area contributed by atoms with Crippen molar-refractivity contribution < 1.29 is 31.1 Å². The molecular formula is C8H7F6N3O. The SMILES string of the molecule is Cc1cnc(N)nc1OC(C(F)(F)F)C(F)(F)F. The molecule has 102 valence electrons. The normalized spacial score (nSPS) is 12.9. The van der Waals surface area contributed by atoms with Crippen LogP contribution in [0.25, 0.3) is 0 Å². The molecule has 0 aliphatic rings. The van der Waals surface area contributed by atoms with Crippen LogP contribution < -0.4 is 10.5 Å². The lowest BCUT2D eigenvalue weighted by atomic mass is 10.3. The minimum Gasteiger partial charge on any atom is -0.454 e. The summed E-state index contributed by atoms with van der Waals surface area (Å²) in [6.07, 6.45) is -14.2. The minimum atomic E-state index is -5.61. The van der Waals surface area contributed by atoms with Crippen molar-refractivity contribution >= 4 is 5.95 Å². The predicted molar refractivity (Wildman–Crippen MR) is 47.7 cm³/mol. The van der Waals surface area contributed by atoms with Gasteiger partial charge in [-0.15, -0.1) is 0 Å². The molecular weight excluding hydrogens is 268 g/mol. The lowest BCUT2D eigenvalue weighted by Gasteiger charge is -2.23. The van der Waals surface area contributed by atoms with Gasteiger partial charge >= 0.3 is 12.4 Å². The van der Waals surface area contributed by atoms with Gasteiger partial charge in [0, 0.05) is 11.8 Å². The maximum absolute atomic E-state index is 12.2. The van der Waals surface area contributed by atoms with E-state index in [1.807, 2.05) is 0 Å². The fraction of sp³-hybridized carbons (Fsp3) is 0.500. The first-order chi connectivity index (χ1) is 8.01. The Balaban J connectivity index is 3.08. The monoisotopic (exact) mass is 275 g/mol. The summed E-state index contributed by atoms with van der Waals surface area (Å²) in [6, 6.07) is 0. The number of anilines is 1. The van der Waals surface area contributed by atoms with Crippen molar-refractivity contribution in [2.45, 2.75) is 25.4 Å². The van der Waals surface area contributed by atoms with Crippen LogP contribution in [0, 0.1) is 6.92 Å². The van der Waals surface area contributed by atoms with Crippen molar-refractivity contribution in [3.05, 3.63) is 11.8 Å². The maximum Gasteiger partial charge on any atom is 0.434 e. The van der Waals surface area contributed by atoms with Crippen molar-refractivity contribution in [1.29, 1.82) is 0 Å². The molecule has 0 fully saturated rings. The molecule has 0 aromatic carbocycles. The van der Waals surface area contributed by atoms with Gasteiger partial charge in [0.15, 0.2) is 0 Å². The highest BCUT2D eigenvalue weighted by atomic mass is 19.4.